The molecule has 0 aliphatic rings. The van der Waals surface area contributed by atoms with Crippen molar-refractivity contribution in [3.8, 4) is 0 Å². The Kier molecular flexibility index (Phi) is 5.25. The number of para-hydroxylation sites is 1. The van der Waals surface area contributed by atoms with Gasteiger partial charge in [-0.25, -0.2) is 4.39 Å². The van der Waals surface area contributed by atoms with E-state index in [1.807, 2.05) is 37.3 Å². The number of carbonyl (C=O) groups excluding carboxylic acids is 2. The third-order valence-electron chi connectivity index (χ3n) is 3.27. The highest BCUT2D eigenvalue weighted by atomic mass is 19.1. The molecule has 0 spiro atoms. The third kappa shape index (κ3) is 4.15. The molecule has 2 aromatic carbocycles. The number of hydrogen-bond acceptors (Lipinski definition) is 2. The Balaban J connectivity index is 1.87. The highest BCUT2D eigenvalue weighted by Crippen LogP contribution is 2.14. The first kappa shape index (κ1) is 15.7. The first-order chi connectivity index (χ1) is 10.6. The molecule has 2 aromatic rings. The Morgan fingerprint density at radius 3 is 2.32 bits per heavy atom. The second-order valence-corrected chi connectivity index (χ2v) is 4.96. The van der Waals surface area contributed by atoms with E-state index in [0.717, 1.165) is 5.56 Å². The summed E-state index contributed by atoms with van der Waals surface area (Å²) in [5, 5.41) is 4.79. The maximum Gasteiger partial charge on any atom is 0.313 e. The summed E-state index contributed by atoms with van der Waals surface area (Å²) < 4.78 is 13.4. The molecule has 4 nitrogen and oxygen atoms in total. The Morgan fingerprint density at radius 1 is 1.00 bits per heavy atom. The van der Waals surface area contributed by atoms with E-state index in [-0.39, 0.29) is 11.6 Å². The molecule has 2 amide bonds. The van der Waals surface area contributed by atoms with Gasteiger partial charge in [0.25, 0.3) is 0 Å². The zero-order valence-electron chi connectivity index (χ0n) is 12.2. The van der Waals surface area contributed by atoms with Crippen molar-refractivity contribution in [2.24, 2.45) is 0 Å². The molecule has 22 heavy (non-hydrogen) atoms. The van der Waals surface area contributed by atoms with Crippen LogP contribution in [0.4, 0.5) is 10.1 Å². The van der Waals surface area contributed by atoms with E-state index in [2.05, 4.69) is 10.6 Å². The minimum atomic E-state index is -0.884. The van der Waals surface area contributed by atoms with Gasteiger partial charge < -0.3 is 10.6 Å². The van der Waals surface area contributed by atoms with Crippen molar-refractivity contribution in [3.05, 3.63) is 66.0 Å². The molecule has 5 heteroatoms. The summed E-state index contributed by atoms with van der Waals surface area (Å²) in [6.07, 6.45) is 0. The number of anilines is 1. The molecule has 0 aliphatic carbocycles. The number of hydrogen-bond donors (Lipinski definition) is 2. The molecule has 2 rings (SSSR count). The highest BCUT2D eigenvalue weighted by Gasteiger charge is 2.16. The average molecular weight is 300 g/mol. The molecule has 0 unspecified atom stereocenters. The molecule has 0 radical (unpaired) electrons. The van der Waals surface area contributed by atoms with E-state index in [0.29, 0.717) is 6.54 Å². The second kappa shape index (κ2) is 7.36. The van der Waals surface area contributed by atoms with Gasteiger partial charge in [0.05, 0.1) is 5.69 Å². The van der Waals surface area contributed by atoms with Gasteiger partial charge in [-0.3, -0.25) is 9.59 Å². The normalized spacial score (nSPS) is 11.5. The molecule has 0 bridgehead atoms. The Labute approximate surface area is 128 Å². The average Bonchev–Trinajstić information content (AvgIpc) is 2.55. The van der Waals surface area contributed by atoms with Gasteiger partial charge in [-0.1, -0.05) is 49.4 Å². The lowest BCUT2D eigenvalue weighted by atomic mass is 10.0. The van der Waals surface area contributed by atoms with Gasteiger partial charge in [-0.2, -0.15) is 0 Å². The van der Waals surface area contributed by atoms with Gasteiger partial charge in [0.2, 0.25) is 0 Å². The van der Waals surface area contributed by atoms with Crippen LogP contribution >= 0.6 is 0 Å². The van der Waals surface area contributed by atoms with Crippen LogP contribution in [0.5, 0.6) is 0 Å². The second-order valence-electron chi connectivity index (χ2n) is 4.96. The molecule has 0 fully saturated rings. The van der Waals surface area contributed by atoms with Crippen molar-refractivity contribution in [2.75, 3.05) is 11.9 Å². The smallest absolute Gasteiger partial charge is 0.313 e. The van der Waals surface area contributed by atoms with E-state index in [1.165, 1.54) is 18.2 Å². The minimum Gasteiger partial charge on any atom is -0.347 e. The van der Waals surface area contributed by atoms with Crippen LogP contribution in [0.3, 0.4) is 0 Å². The van der Waals surface area contributed by atoms with E-state index in [4.69, 9.17) is 0 Å². The fraction of sp³-hybridized carbons (Fsp3) is 0.176. The number of rotatable bonds is 4. The largest absolute Gasteiger partial charge is 0.347 e. The Bertz CT molecular complexity index is 659. The van der Waals surface area contributed by atoms with Crippen LogP contribution in [0, 0.1) is 5.82 Å². The van der Waals surface area contributed by atoms with E-state index in [9.17, 15) is 14.0 Å². The van der Waals surface area contributed by atoms with Crippen LogP contribution < -0.4 is 10.6 Å². The molecule has 0 aliphatic heterocycles. The summed E-state index contributed by atoms with van der Waals surface area (Å²) in [6.45, 7) is 2.28. The summed E-state index contributed by atoms with van der Waals surface area (Å²) in [7, 11) is 0. The lowest BCUT2D eigenvalue weighted by molar-refractivity contribution is -0.136. The fourth-order valence-corrected chi connectivity index (χ4v) is 1.97. The molecular weight excluding hydrogens is 283 g/mol. The monoisotopic (exact) mass is 300 g/mol. The number of carbonyl (C=O) groups is 2. The molecule has 1 atom stereocenters. The number of nitrogens with one attached hydrogen (secondary N) is 2. The summed E-state index contributed by atoms with van der Waals surface area (Å²) >= 11 is 0. The van der Waals surface area contributed by atoms with Crippen molar-refractivity contribution in [1.82, 2.24) is 5.32 Å². The first-order valence-electron chi connectivity index (χ1n) is 6.96. The standard InChI is InChI=1S/C17H17FN2O2/c1-12(13-7-3-2-4-8-13)11-19-16(21)17(22)20-15-10-6-5-9-14(15)18/h2-10,12H,11H2,1H3,(H,19,21)(H,20,22)/t12-/m1/s1. The van der Waals surface area contributed by atoms with E-state index in [1.54, 1.807) is 6.07 Å². The molecule has 2 N–H and O–H groups in total. The highest BCUT2D eigenvalue weighted by molar-refractivity contribution is 6.39. The zero-order valence-corrected chi connectivity index (χ0v) is 12.2. The van der Waals surface area contributed by atoms with Crippen molar-refractivity contribution in [2.45, 2.75) is 12.8 Å². The minimum absolute atomic E-state index is 0.0150. The van der Waals surface area contributed by atoms with Gasteiger partial charge >= 0.3 is 11.8 Å². The summed E-state index contributed by atoms with van der Waals surface area (Å²) in [5.74, 6) is -2.18. The van der Waals surface area contributed by atoms with Gasteiger partial charge in [0.1, 0.15) is 5.82 Å². The third-order valence-corrected chi connectivity index (χ3v) is 3.27. The molecule has 0 heterocycles. The van der Waals surface area contributed by atoms with Crippen molar-refractivity contribution >= 4 is 17.5 Å². The summed E-state index contributed by atoms with van der Waals surface area (Å²) in [6, 6.07) is 15.3. The number of halogens is 1. The molecule has 0 saturated heterocycles. The molecule has 0 aromatic heterocycles. The molecule has 114 valence electrons. The van der Waals surface area contributed by atoms with E-state index < -0.39 is 17.6 Å². The van der Waals surface area contributed by atoms with Crippen molar-refractivity contribution < 1.29 is 14.0 Å². The van der Waals surface area contributed by atoms with E-state index >= 15 is 0 Å². The predicted molar refractivity (Wildman–Crippen MR) is 82.9 cm³/mol. The SMILES string of the molecule is C[C@H](CNC(=O)C(=O)Nc1ccccc1F)c1ccccc1. The van der Waals surface area contributed by atoms with Crippen molar-refractivity contribution in [1.29, 1.82) is 0 Å². The lowest BCUT2D eigenvalue weighted by Gasteiger charge is -2.13. The van der Waals surface area contributed by atoms with Gasteiger partial charge in [-0.15, -0.1) is 0 Å². The zero-order chi connectivity index (χ0) is 15.9. The molecular formula is C17H17FN2O2. The summed E-state index contributed by atoms with van der Waals surface area (Å²) in [4.78, 5) is 23.5. The predicted octanol–water partition coefficient (Wildman–Crippen LogP) is 2.68. The number of amides is 2. The van der Waals surface area contributed by atoms with Crippen LogP contribution in [0.15, 0.2) is 54.6 Å². The topological polar surface area (TPSA) is 58.2 Å². The van der Waals surface area contributed by atoms with Crippen LogP contribution in [0.25, 0.3) is 0 Å². The lowest BCUT2D eigenvalue weighted by Crippen LogP contribution is -2.37. The van der Waals surface area contributed by atoms with Crippen LogP contribution in [-0.4, -0.2) is 18.4 Å². The first-order valence-corrected chi connectivity index (χ1v) is 6.96. The van der Waals surface area contributed by atoms with Crippen LogP contribution in [-0.2, 0) is 9.59 Å². The maximum atomic E-state index is 13.4. The number of benzene rings is 2. The van der Waals surface area contributed by atoms with Gasteiger partial charge in [-0.05, 0) is 23.6 Å². The van der Waals surface area contributed by atoms with Crippen molar-refractivity contribution in [3.63, 3.8) is 0 Å². The fourth-order valence-electron chi connectivity index (χ4n) is 1.97. The summed E-state index contributed by atoms with van der Waals surface area (Å²) in [5.41, 5.74) is 1.05. The van der Waals surface area contributed by atoms with Gasteiger partial charge in [0.15, 0.2) is 0 Å². The Hall–Kier alpha value is -2.69. The van der Waals surface area contributed by atoms with Crippen LogP contribution in [0.1, 0.15) is 18.4 Å². The van der Waals surface area contributed by atoms with Crippen LogP contribution in [0.2, 0.25) is 0 Å². The van der Waals surface area contributed by atoms with Gasteiger partial charge in [0, 0.05) is 6.54 Å². The Morgan fingerprint density at radius 2 is 1.64 bits per heavy atom. The quantitative estimate of drug-likeness (QED) is 0.853. The maximum absolute atomic E-state index is 13.4. The molecule has 0 saturated carbocycles.